The highest BCUT2D eigenvalue weighted by Gasteiger charge is 2.33. The molecule has 1 aliphatic rings. The summed E-state index contributed by atoms with van der Waals surface area (Å²) in [6.45, 7) is 0.505. The zero-order valence-electron chi connectivity index (χ0n) is 14.3. The molecule has 1 fully saturated rings. The van der Waals surface area contributed by atoms with Crippen LogP contribution >= 0.6 is 15.9 Å². The third kappa shape index (κ3) is 4.56. The number of esters is 1. The molecule has 1 aliphatic heterocycles. The molecule has 0 radical (unpaired) electrons. The van der Waals surface area contributed by atoms with Crippen LogP contribution in [0, 0.1) is 17.2 Å². The van der Waals surface area contributed by atoms with Crippen LogP contribution < -0.4 is 4.74 Å². The van der Waals surface area contributed by atoms with Crippen molar-refractivity contribution in [3.63, 3.8) is 0 Å². The predicted octanol–water partition coefficient (Wildman–Crippen LogP) is 3.33. The average molecular weight is 449 g/mol. The van der Waals surface area contributed by atoms with Crippen LogP contribution in [0.25, 0.3) is 0 Å². The van der Waals surface area contributed by atoms with Gasteiger partial charge in [0.25, 0.3) is 0 Å². The molecule has 0 saturated carbocycles. The van der Waals surface area contributed by atoms with E-state index in [4.69, 9.17) is 10.00 Å². The SMILES string of the molecule is N#Cc1ccc(S(=O)(=O)N2CCC(C(=O)Oc3ccc(Br)cc3)CC2)cc1. The van der Waals surface area contributed by atoms with Gasteiger partial charge < -0.3 is 4.74 Å². The van der Waals surface area contributed by atoms with Crippen LogP contribution in [0.15, 0.2) is 57.9 Å². The quantitative estimate of drug-likeness (QED) is 0.528. The molecule has 2 aromatic carbocycles. The second kappa shape index (κ2) is 8.21. The molecule has 1 saturated heterocycles. The Morgan fingerprint density at radius 1 is 1.07 bits per heavy atom. The number of hydrogen-bond donors (Lipinski definition) is 0. The van der Waals surface area contributed by atoms with Crippen molar-refractivity contribution >= 4 is 31.9 Å². The summed E-state index contributed by atoms with van der Waals surface area (Å²) in [7, 11) is -3.63. The van der Waals surface area contributed by atoms with Crippen molar-refractivity contribution in [2.75, 3.05) is 13.1 Å². The highest BCUT2D eigenvalue weighted by molar-refractivity contribution is 9.10. The van der Waals surface area contributed by atoms with Gasteiger partial charge in [-0.2, -0.15) is 9.57 Å². The molecule has 1 heterocycles. The largest absolute Gasteiger partial charge is 0.426 e. The number of carbonyl (C=O) groups excluding carboxylic acids is 1. The Morgan fingerprint density at radius 3 is 2.22 bits per heavy atom. The number of piperidine rings is 1. The summed E-state index contributed by atoms with van der Waals surface area (Å²) < 4.78 is 33.1. The molecule has 8 heteroatoms. The van der Waals surface area contributed by atoms with Crippen LogP contribution in [-0.2, 0) is 14.8 Å². The lowest BCUT2D eigenvalue weighted by molar-refractivity contribution is -0.140. The van der Waals surface area contributed by atoms with E-state index in [1.54, 1.807) is 24.3 Å². The number of sulfonamides is 1. The Balaban J connectivity index is 1.61. The first kappa shape index (κ1) is 19.5. The molecule has 0 bridgehead atoms. The number of hydrogen-bond acceptors (Lipinski definition) is 5. The van der Waals surface area contributed by atoms with E-state index >= 15 is 0 Å². The molecule has 6 nitrogen and oxygen atoms in total. The zero-order chi connectivity index (χ0) is 19.4. The van der Waals surface area contributed by atoms with E-state index in [1.807, 2.05) is 6.07 Å². The summed E-state index contributed by atoms with van der Waals surface area (Å²) in [6, 6.07) is 14.8. The van der Waals surface area contributed by atoms with Gasteiger partial charge >= 0.3 is 5.97 Å². The molecule has 2 aromatic rings. The lowest BCUT2D eigenvalue weighted by atomic mass is 9.98. The second-order valence-corrected chi connectivity index (χ2v) is 9.04. The Kier molecular flexibility index (Phi) is 5.95. The molecule has 0 amide bonds. The van der Waals surface area contributed by atoms with Crippen LogP contribution in [0.5, 0.6) is 5.75 Å². The molecule has 0 spiro atoms. The Labute approximate surface area is 166 Å². The van der Waals surface area contributed by atoms with Crippen LogP contribution in [-0.4, -0.2) is 31.8 Å². The van der Waals surface area contributed by atoms with Gasteiger partial charge in [0.05, 0.1) is 22.4 Å². The fourth-order valence-electron chi connectivity index (χ4n) is 2.88. The Hall–Kier alpha value is -2.21. The first-order valence-corrected chi connectivity index (χ1v) is 10.6. The lowest BCUT2D eigenvalue weighted by Crippen LogP contribution is -2.41. The summed E-state index contributed by atoms with van der Waals surface area (Å²) >= 11 is 3.32. The van der Waals surface area contributed by atoms with Gasteiger partial charge in [-0.25, -0.2) is 8.42 Å². The van der Waals surface area contributed by atoms with Gasteiger partial charge in [0.1, 0.15) is 5.75 Å². The molecular formula is C19H17BrN2O4S. The van der Waals surface area contributed by atoms with E-state index in [-0.39, 0.29) is 29.9 Å². The second-order valence-electron chi connectivity index (χ2n) is 6.19. The highest BCUT2D eigenvalue weighted by Crippen LogP contribution is 2.26. The molecular weight excluding hydrogens is 432 g/mol. The number of carbonyl (C=O) groups is 1. The van der Waals surface area contributed by atoms with Crippen molar-refractivity contribution in [3.05, 3.63) is 58.6 Å². The van der Waals surface area contributed by atoms with Gasteiger partial charge in [-0.15, -0.1) is 0 Å². The van der Waals surface area contributed by atoms with Crippen molar-refractivity contribution in [1.82, 2.24) is 4.31 Å². The van der Waals surface area contributed by atoms with Gasteiger partial charge in [-0.1, -0.05) is 15.9 Å². The van der Waals surface area contributed by atoms with E-state index in [9.17, 15) is 13.2 Å². The molecule has 0 atom stereocenters. The average Bonchev–Trinajstić information content (AvgIpc) is 2.70. The van der Waals surface area contributed by atoms with Gasteiger partial charge in [-0.3, -0.25) is 4.79 Å². The fourth-order valence-corrected chi connectivity index (χ4v) is 4.62. The van der Waals surface area contributed by atoms with E-state index in [0.717, 1.165) is 4.47 Å². The number of halogens is 1. The van der Waals surface area contributed by atoms with Crippen LogP contribution in [0.4, 0.5) is 0 Å². The van der Waals surface area contributed by atoms with Crippen molar-refractivity contribution < 1.29 is 17.9 Å². The maximum absolute atomic E-state index is 12.7. The van der Waals surface area contributed by atoms with Crippen molar-refractivity contribution in [1.29, 1.82) is 5.26 Å². The topological polar surface area (TPSA) is 87.5 Å². The van der Waals surface area contributed by atoms with Gasteiger partial charge in [-0.05, 0) is 61.4 Å². The van der Waals surface area contributed by atoms with Crippen molar-refractivity contribution in [2.24, 2.45) is 5.92 Å². The number of rotatable bonds is 4. The normalized spacial score (nSPS) is 15.9. The molecule has 140 valence electrons. The Morgan fingerprint density at radius 2 is 1.67 bits per heavy atom. The van der Waals surface area contributed by atoms with Gasteiger partial charge in [0, 0.05) is 17.6 Å². The van der Waals surface area contributed by atoms with Gasteiger partial charge in [0.15, 0.2) is 0 Å². The standard InChI is InChI=1S/C19H17BrN2O4S/c20-16-3-5-17(6-4-16)26-19(23)15-9-11-22(12-10-15)27(24,25)18-7-1-14(13-21)2-8-18/h1-8,15H,9-12H2. The number of benzene rings is 2. The Bertz CT molecular complexity index is 958. The van der Waals surface area contributed by atoms with Crippen molar-refractivity contribution in [3.8, 4) is 11.8 Å². The smallest absolute Gasteiger partial charge is 0.314 e. The van der Waals surface area contributed by atoms with Crippen molar-refractivity contribution in [2.45, 2.75) is 17.7 Å². The summed E-state index contributed by atoms with van der Waals surface area (Å²) in [5, 5.41) is 8.82. The first-order valence-electron chi connectivity index (χ1n) is 8.38. The minimum absolute atomic E-state index is 0.150. The fraction of sp³-hybridized carbons (Fsp3) is 0.263. The molecule has 0 unspecified atom stereocenters. The van der Waals surface area contributed by atoms with E-state index < -0.39 is 10.0 Å². The predicted molar refractivity (Wildman–Crippen MR) is 102 cm³/mol. The third-order valence-electron chi connectivity index (χ3n) is 4.44. The first-order chi connectivity index (χ1) is 12.9. The third-order valence-corrected chi connectivity index (χ3v) is 6.88. The van der Waals surface area contributed by atoms with Crippen LogP contribution in [0.3, 0.4) is 0 Å². The van der Waals surface area contributed by atoms with Crippen LogP contribution in [0.2, 0.25) is 0 Å². The zero-order valence-corrected chi connectivity index (χ0v) is 16.7. The monoisotopic (exact) mass is 448 g/mol. The maximum atomic E-state index is 12.7. The maximum Gasteiger partial charge on any atom is 0.314 e. The molecule has 0 aromatic heterocycles. The lowest BCUT2D eigenvalue weighted by Gasteiger charge is -2.30. The molecule has 3 rings (SSSR count). The highest BCUT2D eigenvalue weighted by atomic mass is 79.9. The number of nitriles is 1. The summed E-state index contributed by atoms with van der Waals surface area (Å²) in [5.74, 6) is -0.204. The van der Waals surface area contributed by atoms with E-state index in [2.05, 4.69) is 15.9 Å². The van der Waals surface area contributed by atoms with E-state index in [1.165, 1.54) is 28.6 Å². The summed E-state index contributed by atoms with van der Waals surface area (Å²) in [4.78, 5) is 12.5. The van der Waals surface area contributed by atoms with E-state index in [0.29, 0.717) is 24.2 Å². The summed E-state index contributed by atoms with van der Waals surface area (Å²) in [5.41, 5.74) is 0.406. The molecule has 0 N–H and O–H groups in total. The molecule has 0 aliphatic carbocycles. The molecule has 27 heavy (non-hydrogen) atoms. The number of nitrogens with zero attached hydrogens (tertiary/aromatic N) is 2. The van der Waals surface area contributed by atoms with Gasteiger partial charge in [0.2, 0.25) is 10.0 Å². The minimum Gasteiger partial charge on any atom is -0.426 e. The number of ether oxygens (including phenoxy) is 1. The minimum atomic E-state index is -3.63. The van der Waals surface area contributed by atoms with Crippen LogP contribution in [0.1, 0.15) is 18.4 Å². The summed E-state index contributed by atoms with van der Waals surface area (Å²) in [6.07, 6.45) is 0.815.